The third kappa shape index (κ3) is 2.56. The zero-order valence-electron chi connectivity index (χ0n) is 10.8. The number of imidazole rings is 1. The van der Waals surface area contributed by atoms with Crippen LogP contribution in [-0.4, -0.2) is 9.55 Å². The number of nitrogen functional groups attached to an aromatic ring is 1. The Labute approximate surface area is 134 Å². The van der Waals surface area contributed by atoms with E-state index in [1.165, 1.54) is 6.07 Å². The normalized spacial score (nSPS) is 10.7. The molecule has 6 heteroatoms. The highest BCUT2D eigenvalue weighted by molar-refractivity contribution is 14.1. The van der Waals surface area contributed by atoms with Crippen molar-refractivity contribution in [1.29, 1.82) is 5.26 Å². The van der Waals surface area contributed by atoms with Gasteiger partial charge in [-0.3, -0.25) is 0 Å². The van der Waals surface area contributed by atoms with Crippen molar-refractivity contribution < 1.29 is 4.39 Å². The molecule has 2 N–H and O–H groups in total. The number of nitrogens with zero attached hydrogens (tertiary/aromatic N) is 3. The molecule has 3 rings (SSSR count). The van der Waals surface area contributed by atoms with Crippen LogP contribution in [0, 0.1) is 20.7 Å². The largest absolute Gasteiger partial charge is 0.369 e. The molecule has 1 heterocycles. The van der Waals surface area contributed by atoms with E-state index in [0.717, 1.165) is 5.56 Å². The molecule has 1 aromatic heterocycles. The number of benzene rings is 2. The maximum Gasteiger partial charge on any atom is 0.201 e. The molecule has 0 aliphatic rings. The number of rotatable bonds is 2. The molecule has 0 fully saturated rings. The van der Waals surface area contributed by atoms with Crippen LogP contribution in [0.15, 0.2) is 36.4 Å². The average molecular weight is 392 g/mol. The summed E-state index contributed by atoms with van der Waals surface area (Å²) in [6.07, 6.45) is 0. The van der Waals surface area contributed by atoms with Gasteiger partial charge >= 0.3 is 0 Å². The number of halogens is 2. The van der Waals surface area contributed by atoms with E-state index in [-0.39, 0.29) is 5.82 Å². The second-order valence-corrected chi connectivity index (χ2v) is 5.79. The highest BCUT2D eigenvalue weighted by atomic mass is 127. The van der Waals surface area contributed by atoms with Crippen molar-refractivity contribution in [2.75, 3.05) is 5.73 Å². The number of aromatic nitrogens is 2. The van der Waals surface area contributed by atoms with Crippen LogP contribution in [0.4, 0.5) is 10.3 Å². The van der Waals surface area contributed by atoms with E-state index in [4.69, 9.17) is 11.0 Å². The van der Waals surface area contributed by atoms with Crippen LogP contribution < -0.4 is 5.73 Å². The fraction of sp³-hybridized carbons (Fsp3) is 0.0667. The maximum absolute atomic E-state index is 13.8. The number of nitrogens with two attached hydrogens (primary N) is 1. The van der Waals surface area contributed by atoms with Gasteiger partial charge in [0.15, 0.2) is 0 Å². The van der Waals surface area contributed by atoms with Gasteiger partial charge in [-0.1, -0.05) is 12.1 Å². The lowest BCUT2D eigenvalue weighted by molar-refractivity contribution is 0.621. The van der Waals surface area contributed by atoms with E-state index in [0.29, 0.717) is 32.7 Å². The first-order valence-corrected chi connectivity index (χ1v) is 7.26. The Morgan fingerprint density at radius 1 is 1.33 bits per heavy atom. The van der Waals surface area contributed by atoms with Gasteiger partial charge in [0.2, 0.25) is 5.95 Å². The molecule has 3 aromatic rings. The summed E-state index contributed by atoms with van der Waals surface area (Å²) in [4.78, 5) is 4.26. The minimum Gasteiger partial charge on any atom is -0.369 e. The van der Waals surface area contributed by atoms with Crippen LogP contribution in [0.1, 0.15) is 11.1 Å². The molecule has 0 amide bonds. The molecule has 0 bridgehead atoms. The molecule has 0 saturated carbocycles. The molecule has 0 aliphatic heterocycles. The van der Waals surface area contributed by atoms with E-state index in [1.54, 1.807) is 22.8 Å². The molecule has 0 radical (unpaired) electrons. The summed E-state index contributed by atoms with van der Waals surface area (Å²) in [5.41, 5.74) is 8.74. The molecule has 0 saturated heterocycles. The first-order valence-electron chi connectivity index (χ1n) is 6.18. The maximum atomic E-state index is 13.8. The highest BCUT2D eigenvalue weighted by Gasteiger charge is 2.12. The summed E-state index contributed by atoms with van der Waals surface area (Å²) < 4.78 is 16.0. The van der Waals surface area contributed by atoms with Gasteiger partial charge in [0, 0.05) is 6.07 Å². The van der Waals surface area contributed by atoms with Gasteiger partial charge in [0.25, 0.3) is 0 Å². The van der Waals surface area contributed by atoms with Gasteiger partial charge < -0.3 is 10.3 Å². The lowest BCUT2D eigenvalue weighted by atomic mass is 10.1. The van der Waals surface area contributed by atoms with Crippen LogP contribution >= 0.6 is 22.6 Å². The predicted molar refractivity (Wildman–Crippen MR) is 87.1 cm³/mol. The predicted octanol–water partition coefficient (Wildman–Crippen LogP) is 3.28. The fourth-order valence-electron chi connectivity index (χ4n) is 2.23. The second-order valence-electron chi connectivity index (χ2n) is 4.62. The zero-order valence-corrected chi connectivity index (χ0v) is 13.0. The number of fused-ring (bicyclic) bond motifs is 1. The Bertz CT molecular complexity index is 879. The van der Waals surface area contributed by atoms with E-state index < -0.39 is 0 Å². The summed E-state index contributed by atoms with van der Waals surface area (Å²) >= 11 is 1.93. The number of anilines is 1. The smallest absolute Gasteiger partial charge is 0.201 e. The number of hydrogen-bond acceptors (Lipinski definition) is 3. The number of nitriles is 1. The highest BCUT2D eigenvalue weighted by Crippen LogP contribution is 2.24. The topological polar surface area (TPSA) is 67.6 Å². The first-order chi connectivity index (χ1) is 10.1. The molecule has 2 aromatic carbocycles. The van der Waals surface area contributed by atoms with Crippen molar-refractivity contribution in [1.82, 2.24) is 9.55 Å². The van der Waals surface area contributed by atoms with Crippen molar-refractivity contribution in [3.8, 4) is 6.07 Å². The van der Waals surface area contributed by atoms with E-state index in [1.807, 2.05) is 34.7 Å². The molecule has 0 spiro atoms. The lowest BCUT2D eigenvalue weighted by Gasteiger charge is -2.07. The van der Waals surface area contributed by atoms with Crippen LogP contribution in [0.2, 0.25) is 0 Å². The van der Waals surface area contributed by atoms with E-state index in [9.17, 15) is 4.39 Å². The minimum absolute atomic E-state index is 0.296. The Morgan fingerprint density at radius 2 is 2.14 bits per heavy atom. The van der Waals surface area contributed by atoms with Crippen molar-refractivity contribution in [2.45, 2.75) is 6.54 Å². The van der Waals surface area contributed by atoms with Crippen molar-refractivity contribution in [3.05, 3.63) is 56.9 Å². The Balaban J connectivity index is 2.10. The van der Waals surface area contributed by atoms with Gasteiger partial charge in [-0.25, -0.2) is 9.37 Å². The van der Waals surface area contributed by atoms with Crippen LogP contribution in [-0.2, 0) is 6.54 Å². The molecule has 104 valence electrons. The summed E-state index contributed by atoms with van der Waals surface area (Å²) in [7, 11) is 0. The third-order valence-corrected chi connectivity index (χ3v) is 4.04. The Hall–Kier alpha value is -2.14. The van der Waals surface area contributed by atoms with Gasteiger partial charge in [-0.15, -0.1) is 0 Å². The van der Waals surface area contributed by atoms with E-state index >= 15 is 0 Å². The summed E-state index contributed by atoms with van der Waals surface area (Å²) in [5.74, 6) is 0.0313. The number of hydrogen-bond donors (Lipinski definition) is 1. The standard InChI is InChI=1S/C15H10FIN4/c16-11-5-14-13(6-12(11)17)20-15(19)21(14)8-10-3-1-2-9(4-10)7-18/h1-6H,8H2,(H2,19,20). The van der Waals surface area contributed by atoms with Crippen molar-refractivity contribution in [2.24, 2.45) is 0 Å². The summed E-state index contributed by atoms with van der Waals surface area (Å²) in [6, 6.07) is 12.4. The lowest BCUT2D eigenvalue weighted by Crippen LogP contribution is -2.05. The SMILES string of the molecule is N#Cc1cccc(Cn2c(N)nc3cc(I)c(F)cc32)c1. The fourth-order valence-corrected chi connectivity index (χ4v) is 2.68. The van der Waals surface area contributed by atoms with E-state index in [2.05, 4.69) is 11.1 Å². The van der Waals surface area contributed by atoms with Crippen molar-refractivity contribution >= 4 is 39.6 Å². The molecule has 0 atom stereocenters. The van der Waals surface area contributed by atoms with Crippen molar-refractivity contribution in [3.63, 3.8) is 0 Å². The van der Waals surface area contributed by atoms with Crippen LogP contribution in [0.3, 0.4) is 0 Å². The zero-order chi connectivity index (χ0) is 15.0. The Morgan fingerprint density at radius 3 is 2.90 bits per heavy atom. The van der Waals surface area contributed by atoms with Crippen LogP contribution in [0.5, 0.6) is 0 Å². The monoisotopic (exact) mass is 392 g/mol. The van der Waals surface area contributed by atoms with Gasteiger partial charge in [-0.05, 0) is 46.4 Å². The van der Waals surface area contributed by atoms with Gasteiger partial charge in [0.1, 0.15) is 5.82 Å². The van der Waals surface area contributed by atoms with Gasteiger partial charge in [-0.2, -0.15) is 5.26 Å². The summed E-state index contributed by atoms with van der Waals surface area (Å²) in [5, 5.41) is 8.94. The molecular weight excluding hydrogens is 382 g/mol. The minimum atomic E-state index is -0.296. The summed E-state index contributed by atoms with van der Waals surface area (Å²) in [6.45, 7) is 0.442. The molecule has 0 unspecified atom stereocenters. The molecular formula is C15H10FIN4. The molecule has 0 aliphatic carbocycles. The second kappa shape index (κ2) is 5.33. The first kappa shape index (κ1) is 13.8. The average Bonchev–Trinajstić information content (AvgIpc) is 2.76. The Kier molecular flexibility index (Phi) is 3.51. The third-order valence-electron chi connectivity index (χ3n) is 3.22. The van der Waals surface area contributed by atoms with Crippen LogP contribution in [0.25, 0.3) is 11.0 Å². The molecule has 4 nitrogen and oxygen atoms in total. The molecule has 21 heavy (non-hydrogen) atoms. The quantitative estimate of drug-likeness (QED) is 0.681. The van der Waals surface area contributed by atoms with Gasteiger partial charge in [0.05, 0.1) is 32.8 Å².